The van der Waals surface area contributed by atoms with Crippen molar-refractivity contribution >= 4 is 0 Å². The molecule has 0 aromatic carbocycles. The summed E-state index contributed by atoms with van der Waals surface area (Å²) in [5.41, 5.74) is 7.21. The van der Waals surface area contributed by atoms with E-state index in [1.807, 2.05) is 17.8 Å². The molecule has 1 aromatic rings. The number of aryl methyl sites for hydroxylation is 1. The van der Waals surface area contributed by atoms with Crippen LogP contribution in [0.4, 0.5) is 0 Å². The number of aromatic nitrogens is 2. The number of hydrogen-bond acceptors (Lipinski definition) is 4. The molecule has 2 heterocycles. The van der Waals surface area contributed by atoms with Crippen LogP contribution >= 0.6 is 0 Å². The van der Waals surface area contributed by atoms with Gasteiger partial charge >= 0.3 is 0 Å². The Balaban J connectivity index is 2.13. The highest BCUT2D eigenvalue weighted by molar-refractivity contribution is 5.10. The first-order valence-corrected chi connectivity index (χ1v) is 6.08. The summed E-state index contributed by atoms with van der Waals surface area (Å²) >= 11 is 0. The molecule has 1 saturated heterocycles. The molecule has 96 valence electrons. The van der Waals surface area contributed by atoms with E-state index in [9.17, 15) is 0 Å². The molecule has 1 aromatic heterocycles. The number of nitrogens with two attached hydrogens (primary N) is 1. The zero-order valence-electron chi connectivity index (χ0n) is 10.9. The Labute approximate surface area is 103 Å². The Morgan fingerprint density at radius 3 is 2.59 bits per heavy atom. The largest absolute Gasteiger partial charge is 0.379 e. The van der Waals surface area contributed by atoms with Crippen molar-refractivity contribution in [3.8, 4) is 0 Å². The summed E-state index contributed by atoms with van der Waals surface area (Å²) in [6, 6.07) is -0.0817. The molecule has 1 unspecified atom stereocenters. The van der Waals surface area contributed by atoms with Crippen LogP contribution in [-0.4, -0.2) is 46.3 Å². The molecule has 2 rings (SSSR count). The fourth-order valence-electron chi connectivity index (χ4n) is 2.29. The lowest BCUT2D eigenvalue weighted by atomic mass is 9.90. The molecule has 1 fully saturated rings. The van der Waals surface area contributed by atoms with Gasteiger partial charge in [-0.2, -0.15) is 0 Å². The molecule has 2 N–H and O–H groups in total. The smallest absolute Gasteiger partial charge is 0.0947 e. The van der Waals surface area contributed by atoms with Gasteiger partial charge in [-0.15, -0.1) is 0 Å². The Bertz CT molecular complexity index is 368. The van der Waals surface area contributed by atoms with E-state index in [-0.39, 0.29) is 11.6 Å². The van der Waals surface area contributed by atoms with Crippen molar-refractivity contribution in [2.45, 2.75) is 25.4 Å². The summed E-state index contributed by atoms with van der Waals surface area (Å²) in [7, 11) is 1.96. The fourth-order valence-corrected chi connectivity index (χ4v) is 2.29. The Morgan fingerprint density at radius 2 is 2.06 bits per heavy atom. The van der Waals surface area contributed by atoms with Crippen molar-refractivity contribution in [1.29, 1.82) is 0 Å². The van der Waals surface area contributed by atoms with Gasteiger partial charge < -0.3 is 15.0 Å². The quantitative estimate of drug-likeness (QED) is 0.834. The first kappa shape index (κ1) is 12.5. The summed E-state index contributed by atoms with van der Waals surface area (Å²) in [6.07, 6.45) is 3.79. The van der Waals surface area contributed by atoms with Crippen LogP contribution in [0.1, 0.15) is 25.6 Å². The molecule has 1 atom stereocenters. The molecule has 0 aliphatic carbocycles. The topological polar surface area (TPSA) is 56.3 Å². The molecule has 0 bridgehead atoms. The molecule has 17 heavy (non-hydrogen) atoms. The minimum Gasteiger partial charge on any atom is -0.379 e. The third kappa shape index (κ3) is 2.51. The first-order valence-electron chi connectivity index (χ1n) is 6.08. The van der Waals surface area contributed by atoms with Gasteiger partial charge in [-0.3, -0.25) is 4.90 Å². The molecule has 0 radical (unpaired) electrons. The highest BCUT2D eigenvalue weighted by atomic mass is 16.5. The number of morpholine rings is 1. The third-order valence-corrected chi connectivity index (χ3v) is 3.63. The van der Waals surface area contributed by atoms with Crippen LogP contribution in [0.25, 0.3) is 0 Å². The summed E-state index contributed by atoms with van der Waals surface area (Å²) in [4.78, 5) is 6.74. The normalized spacial score (nSPS) is 20.5. The Morgan fingerprint density at radius 1 is 1.41 bits per heavy atom. The van der Waals surface area contributed by atoms with Crippen LogP contribution in [0.3, 0.4) is 0 Å². The van der Waals surface area contributed by atoms with Gasteiger partial charge in [0.15, 0.2) is 0 Å². The van der Waals surface area contributed by atoms with E-state index in [4.69, 9.17) is 10.5 Å². The highest BCUT2D eigenvalue weighted by Crippen LogP contribution is 2.28. The van der Waals surface area contributed by atoms with Gasteiger partial charge in [0.1, 0.15) is 0 Å². The Kier molecular flexibility index (Phi) is 3.51. The van der Waals surface area contributed by atoms with Crippen LogP contribution in [0.2, 0.25) is 0 Å². The number of imidazole rings is 1. The lowest BCUT2D eigenvalue weighted by molar-refractivity contribution is -0.0194. The van der Waals surface area contributed by atoms with Crippen molar-refractivity contribution < 1.29 is 4.74 Å². The maximum atomic E-state index is 6.36. The number of ether oxygens (including phenoxy) is 1. The predicted octanol–water partition coefficient (Wildman–Crippen LogP) is 0.531. The maximum absolute atomic E-state index is 6.36. The van der Waals surface area contributed by atoms with Gasteiger partial charge in [-0.25, -0.2) is 4.98 Å². The van der Waals surface area contributed by atoms with Crippen molar-refractivity contribution in [3.05, 3.63) is 18.2 Å². The molecule has 1 aliphatic rings. The summed E-state index contributed by atoms with van der Waals surface area (Å²) in [5, 5.41) is 0. The molecule has 1 aliphatic heterocycles. The maximum Gasteiger partial charge on any atom is 0.0947 e. The van der Waals surface area contributed by atoms with E-state index in [2.05, 4.69) is 23.7 Å². The summed E-state index contributed by atoms with van der Waals surface area (Å²) < 4.78 is 7.32. The second-order valence-corrected chi connectivity index (χ2v) is 5.19. The lowest BCUT2D eigenvalue weighted by Crippen LogP contribution is -2.55. The van der Waals surface area contributed by atoms with Crippen molar-refractivity contribution in [2.24, 2.45) is 12.8 Å². The molecule has 0 spiro atoms. The minimum absolute atomic E-state index is 0.0817. The molecule has 0 amide bonds. The number of nitrogens with zero attached hydrogens (tertiary/aromatic N) is 3. The van der Waals surface area contributed by atoms with Gasteiger partial charge in [0.25, 0.3) is 0 Å². The van der Waals surface area contributed by atoms with Gasteiger partial charge in [0, 0.05) is 31.9 Å². The average molecular weight is 238 g/mol. The minimum atomic E-state index is -0.0991. The second kappa shape index (κ2) is 4.76. The fraction of sp³-hybridized carbons (Fsp3) is 0.750. The average Bonchev–Trinajstić information content (AvgIpc) is 2.76. The molecular formula is C12H22N4O. The first-order chi connectivity index (χ1) is 8.01. The van der Waals surface area contributed by atoms with Crippen molar-refractivity contribution in [3.63, 3.8) is 0 Å². The molecule has 0 saturated carbocycles. The van der Waals surface area contributed by atoms with E-state index in [0.717, 1.165) is 32.0 Å². The molecule has 5 heteroatoms. The molecule has 5 nitrogen and oxygen atoms in total. The molecular weight excluding hydrogens is 216 g/mol. The predicted molar refractivity (Wildman–Crippen MR) is 66.6 cm³/mol. The highest BCUT2D eigenvalue weighted by Gasteiger charge is 2.35. The second-order valence-electron chi connectivity index (χ2n) is 5.19. The zero-order valence-corrected chi connectivity index (χ0v) is 10.9. The zero-order chi connectivity index (χ0) is 12.5. The van der Waals surface area contributed by atoms with E-state index in [1.54, 1.807) is 6.33 Å². The summed E-state index contributed by atoms with van der Waals surface area (Å²) in [5.74, 6) is 0. The van der Waals surface area contributed by atoms with Crippen LogP contribution in [-0.2, 0) is 11.8 Å². The van der Waals surface area contributed by atoms with Gasteiger partial charge in [0.05, 0.1) is 31.3 Å². The van der Waals surface area contributed by atoms with Crippen LogP contribution < -0.4 is 5.73 Å². The SMILES string of the molecule is Cn1cnc(C(N)C(C)(C)N2CCOCC2)c1. The van der Waals surface area contributed by atoms with Gasteiger partial charge in [-0.1, -0.05) is 0 Å². The van der Waals surface area contributed by atoms with E-state index in [0.29, 0.717) is 0 Å². The third-order valence-electron chi connectivity index (χ3n) is 3.63. The van der Waals surface area contributed by atoms with Crippen LogP contribution in [0.15, 0.2) is 12.5 Å². The monoisotopic (exact) mass is 238 g/mol. The van der Waals surface area contributed by atoms with Gasteiger partial charge in [0.2, 0.25) is 0 Å². The number of hydrogen-bond donors (Lipinski definition) is 1. The van der Waals surface area contributed by atoms with E-state index < -0.39 is 0 Å². The lowest BCUT2D eigenvalue weighted by Gasteiger charge is -2.43. The van der Waals surface area contributed by atoms with E-state index >= 15 is 0 Å². The Hall–Kier alpha value is -0.910. The van der Waals surface area contributed by atoms with Crippen molar-refractivity contribution in [2.75, 3.05) is 26.3 Å². The van der Waals surface area contributed by atoms with Gasteiger partial charge in [-0.05, 0) is 13.8 Å². The number of rotatable bonds is 3. The van der Waals surface area contributed by atoms with Crippen LogP contribution in [0, 0.1) is 0 Å². The summed E-state index contributed by atoms with van der Waals surface area (Å²) in [6.45, 7) is 7.81. The van der Waals surface area contributed by atoms with Crippen LogP contribution in [0.5, 0.6) is 0 Å². The van der Waals surface area contributed by atoms with Crippen molar-refractivity contribution in [1.82, 2.24) is 14.5 Å². The standard InChI is InChI=1S/C12H22N4O/c1-12(2,16-4-6-17-7-5-16)11(13)10-8-15(3)9-14-10/h8-9,11H,4-7,13H2,1-3H3. The van der Waals surface area contributed by atoms with E-state index in [1.165, 1.54) is 0 Å².